The third-order valence-corrected chi connectivity index (χ3v) is 13.9. The number of amides is 6. The van der Waals surface area contributed by atoms with E-state index in [0.717, 1.165) is 49.9 Å². The number of thiol groups is 1. The summed E-state index contributed by atoms with van der Waals surface area (Å²) < 4.78 is 24.1. The number of carbonyl (C=O) groups excluding carboxylic acids is 6. The Bertz CT molecular complexity index is 2720. The van der Waals surface area contributed by atoms with Gasteiger partial charge in [0.05, 0.1) is 68.4 Å². The van der Waals surface area contributed by atoms with Gasteiger partial charge in [-0.2, -0.15) is 12.6 Å². The highest BCUT2D eigenvalue weighted by atomic mass is 32.1. The summed E-state index contributed by atoms with van der Waals surface area (Å²) in [6.07, 6.45) is 14.5. The molecule has 4 aliphatic heterocycles. The normalized spacial score (nSPS) is 18.4. The number of benzene rings is 3. The molecule has 2 atom stereocenters. The van der Waals surface area contributed by atoms with Crippen LogP contribution in [0.5, 0.6) is 23.0 Å². The van der Waals surface area contributed by atoms with Gasteiger partial charge in [-0.15, -0.1) is 0 Å². The molecule has 3 aromatic rings. The van der Waals surface area contributed by atoms with Gasteiger partial charge < -0.3 is 60.6 Å². The van der Waals surface area contributed by atoms with E-state index < -0.39 is 30.8 Å². The first-order valence-corrected chi connectivity index (χ1v) is 25.2. The summed E-state index contributed by atoms with van der Waals surface area (Å²) in [5, 5.41) is 17.3. The highest BCUT2D eigenvalue weighted by Crippen LogP contribution is 2.44. The van der Waals surface area contributed by atoms with Crippen LogP contribution in [-0.2, 0) is 32.4 Å². The minimum atomic E-state index is -0.610. The standard InChI is InChI=1S/C54H62N8O10S/c1-54(2,73)14-13-48(63)57-26-49(64)58-27-50(65)59-28-51(66)60-35-16-31(29-71-46-22-40-38(20-44(46)69-3)52(67)61-36(24-55-40)18-33-9-5-7-11-42(33)61)15-32(17-35)30-72-47-23-41-39(21-45(47)70-4)53(68)62-37(25-56-41)19-34-10-6-8-12-43(34)62/h7-8,11-12,15-17,20-23,36-37,55-56,73H,5-6,9-10,13-14,18-19,24-30H2,1-4H3,(H,57,63)(H,58,64)(H,59,65)(H,60,66)/t36-,37-/m0/s1. The molecule has 9 rings (SSSR count). The van der Waals surface area contributed by atoms with Crippen LogP contribution in [0.3, 0.4) is 0 Å². The largest absolute Gasteiger partial charge is 0.493 e. The number of hydrogen-bond donors (Lipinski definition) is 7. The number of ether oxygens (including phenoxy) is 4. The van der Waals surface area contributed by atoms with Gasteiger partial charge >= 0.3 is 0 Å². The summed E-state index contributed by atoms with van der Waals surface area (Å²) in [7, 11) is 3.04. The van der Waals surface area contributed by atoms with Crippen molar-refractivity contribution in [3.8, 4) is 23.0 Å². The molecule has 0 fully saturated rings. The molecule has 18 nitrogen and oxygen atoms in total. The second-order valence-electron chi connectivity index (χ2n) is 19.6. The quantitative estimate of drug-likeness (QED) is 0.0717. The smallest absolute Gasteiger partial charge is 0.260 e. The molecule has 19 heteroatoms. The molecule has 3 aromatic carbocycles. The second kappa shape index (κ2) is 21.7. The average Bonchev–Trinajstić information content (AvgIpc) is 3.87. The number of nitrogens with one attached hydrogen (secondary N) is 6. The van der Waals surface area contributed by atoms with Crippen molar-refractivity contribution in [2.75, 3.05) is 62.9 Å². The van der Waals surface area contributed by atoms with Crippen LogP contribution in [0.4, 0.5) is 17.1 Å². The number of fused-ring (bicyclic) bond motifs is 6. The Balaban J connectivity index is 0.895. The monoisotopic (exact) mass is 1010 g/mol. The molecule has 2 aliphatic carbocycles. The lowest BCUT2D eigenvalue weighted by Gasteiger charge is -2.24. The predicted molar refractivity (Wildman–Crippen MR) is 278 cm³/mol. The average molecular weight is 1020 g/mol. The fraction of sp³-hybridized carbons (Fsp3) is 0.407. The lowest BCUT2D eigenvalue weighted by Crippen LogP contribution is -2.43. The van der Waals surface area contributed by atoms with E-state index in [9.17, 15) is 28.8 Å². The molecule has 0 unspecified atom stereocenters. The van der Waals surface area contributed by atoms with Crippen molar-refractivity contribution < 1.29 is 47.7 Å². The number of carbonyl (C=O) groups is 6. The minimum absolute atomic E-state index is 0.00908. The molecule has 0 saturated carbocycles. The SMILES string of the molecule is COc1cc2c(cc1OCc1cc(COc3cc4c(cc3OC)C(=O)N3C5=C(CCC=C5)C[C@H]3CN4)cc(NC(=O)CNC(=O)CNC(=O)CNC(=O)CCC(C)(C)S)c1)NC[C@@H]1CC3=C(C=CCC3)N1C2=O. The molecule has 4 heterocycles. The van der Waals surface area contributed by atoms with Crippen molar-refractivity contribution in [3.05, 3.63) is 112 Å². The summed E-state index contributed by atoms with van der Waals surface area (Å²) in [5.41, 5.74) is 8.45. The summed E-state index contributed by atoms with van der Waals surface area (Å²) >= 11 is 4.41. The lowest BCUT2D eigenvalue weighted by molar-refractivity contribution is -0.128. The maximum Gasteiger partial charge on any atom is 0.260 e. The lowest BCUT2D eigenvalue weighted by atomic mass is 10.0. The zero-order valence-corrected chi connectivity index (χ0v) is 42.4. The number of hydrogen-bond acceptors (Lipinski definition) is 13. The minimum Gasteiger partial charge on any atom is -0.493 e. The van der Waals surface area contributed by atoms with E-state index in [-0.39, 0.29) is 60.7 Å². The van der Waals surface area contributed by atoms with E-state index in [1.165, 1.54) is 25.4 Å². The summed E-state index contributed by atoms with van der Waals surface area (Å²) in [6.45, 7) is 3.82. The van der Waals surface area contributed by atoms with E-state index >= 15 is 0 Å². The van der Waals surface area contributed by atoms with Crippen molar-refractivity contribution >= 4 is 65.1 Å². The van der Waals surface area contributed by atoms with Crippen LogP contribution in [0, 0.1) is 0 Å². The van der Waals surface area contributed by atoms with E-state index in [0.29, 0.717) is 81.8 Å². The molecule has 0 saturated heterocycles. The molecule has 73 heavy (non-hydrogen) atoms. The fourth-order valence-electron chi connectivity index (χ4n) is 10.1. The number of anilines is 3. The van der Waals surface area contributed by atoms with E-state index in [4.69, 9.17) is 18.9 Å². The van der Waals surface area contributed by atoms with Gasteiger partial charge in [-0.05, 0) is 110 Å². The van der Waals surface area contributed by atoms with Crippen molar-refractivity contribution in [3.63, 3.8) is 0 Å². The molecule has 0 radical (unpaired) electrons. The van der Waals surface area contributed by atoms with Crippen molar-refractivity contribution in [1.29, 1.82) is 0 Å². The highest BCUT2D eigenvalue weighted by Gasteiger charge is 2.40. The third-order valence-electron chi connectivity index (χ3n) is 13.7. The topological polar surface area (TPSA) is 218 Å². The van der Waals surface area contributed by atoms with E-state index in [1.807, 2.05) is 29.7 Å². The van der Waals surface area contributed by atoms with Crippen LogP contribution in [0.15, 0.2) is 89.3 Å². The maximum absolute atomic E-state index is 14.1. The Morgan fingerprint density at radius 3 is 1.58 bits per heavy atom. The van der Waals surface area contributed by atoms with Crippen molar-refractivity contribution in [2.24, 2.45) is 0 Å². The molecular formula is C54H62N8O10S. The van der Waals surface area contributed by atoms with Crippen molar-refractivity contribution in [1.82, 2.24) is 25.8 Å². The highest BCUT2D eigenvalue weighted by molar-refractivity contribution is 7.81. The van der Waals surface area contributed by atoms with Crippen LogP contribution in [-0.4, -0.2) is 109 Å². The van der Waals surface area contributed by atoms with Crippen LogP contribution >= 0.6 is 12.6 Å². The fourth-order valence-corrected chi connectivity index (χ4v) is 10.2. The molecule has 6 N–H and O–H groups in total. The first kappa shape index (κ1) is 50.5. The van der Waals surface area contributed by atoms with Gasteiger partial charge in [0.25, 0.3) is 11.8 Å². The molecule has 0 spiro atoms. The van der Waals surface area contributed by atoms with Gasteiger partial charge in [0, 0.05) is 53.5 Å². The van der Waals surface area contributed by atoms with Gasteiger partial charge in [-0.3, -0.25) is 28.8 Å². The Labute approximate surface area is 429 Å². The summed E-state index contributed by atoms with van der Waals surface area (Å²) in [6, 6.07) is 12.3. The van der Waals surface area contributed by atoms with Crippen LogP contribution in [0.25, 0.3) is 0 Å². The Morgan fingerprint density at radius 2 is 1.11 bits per heavy atom. The molecule has 0 aromatic heterocycles. The van der Waals surface area contributed by atoms with Crippen LogP contribution in [0.2, 0.25) is 0 Å². The number of rotatable bonds is 18. The third kappa shape index (κ3) is 11.6. The first-order chi connectivity index (χ1) is 35.1. The zero-order valence-electron chi connectivity index (χ0n) is 41.5. The van der Waals surface area contributed by atoms with E-state index in [2.05, 4.69) is 68.8 Å². The number of nitrogens with zero attached hydrogens (tertiary/aromatic N) is 2. The molecule has 0 bridgehead atoms. The van der Waals surface area contributed by atoms with E-state index in [1.54, 1.807) is 36.4 Å². The Hall–Kier alpha value is -7.41. The van der Waals surface area contributed by atoms with Gasteiger partial charge in [0.15, 0.2) is 23.0 Å². The van der Waals surface area contributed by atoms with Crippen molar-refractivity contribution in [2.45, 2.75) is 95.3 Å². The maximum atomic E-state index is 14.1. The molecule has 384 valence electrons. The Morgan fingerprint density at radius 1 is 0.644 bits per heavy atom. The first-order valence-electron chi connectivity index (χ1n) is 24.7. The number of allylic oxidation sites excluding steroid dienone is 4. The molecule has 6 amide bonds. The molecule has 6 aliphatic rings. The summed E-state index contributed by atoms with van der Waals surface area (Å²) in [5.74, 6) is -0.702. The zero-order chi connectivity index (χ0) is 51.4. The van der Waals surface area contributed by atoms with Crippen LogP contribution in [0.1, 0.15) is 97.1 Å². The molecular weight excluding hydrogens is 953 g/mol. The van der Waals surface area contributed by atoms with Gasteiger partial charge in [-0.1, -0.05) is 26.0 Å². The Kier molecular flexibility index (Phi) is 15.1. The van der Waals surface area contributed by atoms with Gasteiger partial charge in [0.1, 0.15) is 13.2 Å². The van der Waals surface area contributed by atoms with Gasteiger partial charge in [-0.25, -0.2) is 0 Å². The second-order valence-corrected chi connectivity index (χ2v) is 20.8. The summed E-state index contributed by atoms with van der Waals surface area (Å²) in [4.78, 5) is 82.4. The predicted octanol–water partition coefficient (Wildman–Crippen LogP) is 6.13. The van der Waals surface area contributed by atoms with Gasteiger partial charge in [0.2, 0.25) is 23.6 Å². The van der Waals surface area contributed by atoms with Crippen LogP contribution < -0.4 is 50.8 Å². The number of methoxy groups -OCH3 is 2.